The summed E-state index contributed by atoms with van der Waals surface area (Å²) in [5.74, 6) is 6.76. The number of anilines is 1. The van der Waals surface area contributed by atoms with Crippen molar-refractivity contribution in [2.75, 3.05) is 11.7 Å². The van der Waals surface area contributed by atoms with Gasteiger partial charge in [0, 0.05) is 16.3 Å². The molecule has 6 heteroatoms. The topological polar surface area (TPSA) is 44.9 Å². The number of nitrogens with two attached hydrogens (primary N) is 1. The molecule has 4 nitrogen and oxygen atoms in total. The molecule has 1 aliphatic rings. The van der Waals surface area contributed by atoms with Crippen LogP contribution in [0.4, 0.5) is 5.69 Å². The van der Waals surface area contributed by atoms with Crippen LogP contribution in [0.5, 0.6) is 0 Å². The lowest BCUT2D eigenvalue weighted by Gasteiger charge is -2.14. The van der Waals surface area contributed by atoms with Crippen LogP contribution >= 0.6 is 22.7 Å². The molecular weight excluding hydrogens is 240 g/mol. The fourth-order valence-electron chi connectivity index (χ4n) is 1.57. The molecule has 16 heavy (non-hydrogen) atoms. The third-order valence-electron chi connectivity index (χ3n) is 2.36. The van der Waals surface area contributed by atoms with Gasteiger partial charge in [0.1, 0.15) is 6.67 Å². The normalized spacial score (nSPS) is 15.7. The highest BCUT2D eigenvalue weighted by Crippen LogP contribution is 2.23. The van der Waals surface area contributed by atoms with Gasteiger partial charge in [-0.15, -0.1) is 0 Å². The largest absolute Gasteiger partial charge is 0.271 e. The molecule has 0 radical (unpaired) electrons. The Morgan fingerprint density at radius 3 is 2.69 bits per heavy atom. The van der Waals surface area contributed by atoms with Gasteiger partial charge in [-0.2, -0.15) is 27.8 Å². The Hall–Kier alpha value is -1.37. The van der Waals surface area contributed by atoms with Crippen LogP contribution in [-0.4, -0.2) is 17.5 Å². The van der Waals surface area contributed by atoms with E-state index in [4.69, 9.17) is 5.84 Å². The summed E-state index contributed by atoms with van der Waals surface area (Å²) >= 11 is 3.31. The van der Waals surface area contributed by atoms with Gasteiger partial charge >= 0.3 is 0 Å². The molecule has 0 atom stereocenters. The van der Waals surface area contributed by atoms with Crippen LogP contribution in [0.25, 0.3) is 0 Å². The van der Waals surface area contributed by atoms with E-state index in [0.717, 1.165) is 17.1 Å². The van der Waals surface area contributed by atoms with Crippen molar-refractivity contribution < 1.29 is 0 Å². The van der Waals surface area contributed by atoms with Crippen molar-refractivity contribution in [3.63, 3.8) is 0 Å². The van der Waals surface area contributed by atoms with Gasteiger partial charge < -0.3 is 0 Å². The third kappa shape index (κ3) is 1.60. The second kappa shape index (κ2) is 3.89. The molecule has 0 saturated heterocycles. The number of amidine groups is 1. The van der Waals surface area contributed by atoms with Gasteiger partial charge in [0.25, 0.3) is 0 Å². The fourth-order valence-corrected chi connectivity index (χ4v) is 2.84. The van der Waals surface area contributed by atoms with Crippen molar-refractivity contribution >= 4 is 34.2 Å². The minimum atomic E-state index is 0.599. The second-order valence-corrected chi connectivity index (χ2v) is 4.99. The lowest BCUT2D eigenvalue weighted by Crippen LogP contribution is -2.37. The Labute approximate surface area is 101 Å². The molecule has 2 aromatic heterocycles. The molecule has 0 amide bonds. The predicted molar refractivity (Wildman–Crippen MR) is 68.5 cm³/mol. The molecule has 0 fully saturated rings. The smallest absolute Gasteiger partial charge is 0.173 e. The zero-order valence-corrected chi connectivity index (χ0v) is 10.0. The highest BCUT2D eigenvalue weighted by atomic mass is 32.1. The zero-order chi connectivity index (χ0) is 11.0. The number of nitrogens with zero attached hydrogens (tertiary/aromatic N) is 3. The SMILES string of the molecule is NN1CN(c2ccsc2)N=C1c1ccsc1. The first-order chi connectivity index (χ1) is 7.84. The van der Waals surface area contributed by atoms with Crippen molar-refractivity contribution in [1.82, 2.24) is 5.01 Å². The number of thiophene rings is 2. The van der Waals surface area contributed by atoms with Gasteiger partial charge in [-0.3, -0.25) is 5.01 Å². The summed E-state index contributed by atoms with van der Waals surface area (Å²) < 4.78 is 0. The van der Waals surface area contributed by atoms with E-state index in [1.165, 1.54) is 0 Å². The molecule has 82 valence electrons. The minimum Gasteiger partial charge on any atom is -0.271 e. The Balaban J connectivity index is 1.92. The van der Waals surface area contributed by atoms with Crippen molar-refractivity contribution in [2.45, 2.75) is 0 Å². The van der Waals surface area contributed by atoms with E-state index >= 15 is 0 Å². The molecule has 2 N–H and O–H groups in total. The molecule has 3 rings (SSSR count). The van der Waals surface area contributed by atoms with Gasteiger partial charge in [-0.05, 0) is 22.9 Å². The van der Waals surface area contributed by atoms with Crippen LogP contribution in [0.3, 0.4) is 0 Å². The van der Waals surface area contributed by atoms with E-state index < -0.39 is 0 Å². The highest BCUT2D eigenvalue weighted by Gasteiger charge is 2.23. The monoisotopic (exact) mass is 250 g/mol. The molecule has 3 heterocycles. The van der Waals surface area contributed by atoms with Crippen molar-refractivity contribution in [3.8, 4) is 0 Å². The first kappa shape index (κ1) is 9.83. The highest BCUT2D eigenvalue weighted by molar-refractivity contribution is 7.08. The summed E-state index contributed by atoms with van der Waals surface area (Å²) in [6.07, 6.45) is 0. The van der Waals surface area contributed by atoms with E-state index in [1.807, 2.05) is 27.9 Å². The number of hydrogen-bond donors (Lipinski definition) is 1. The van der Waals surface area contributed by atoms with Crippen LogP contribution in [0.2, 0.25) is 0 Å². The van der Waals surface area contributed by atoms with E-state index in [0.29, 0.717) is 6.67 Å². The molecule has 1 aliphatic heterocycles. The van der Waals surface area contributed by atoms with Gasteiger partial charge in [-0.1, -0.05) is 0 Å². The Bertz CT molecular complexity index is 489. The van der Waals surface area contributed by atoms with Gasteiger partial charge in [0.05, 0.1) is 5.69 Å². The van der Waals surface area contributed by atoms with Crippen LogP contribution in [0.1, 0.15) is 5.56 Å². The molecule has 0 aliphatic carbocycles. The second-order valence-electron chi connectivity index (χ2n) is 3.43. The lowest BCUT2D eigenvalue weighted by molar-refractivity contribution is 0.472. The Morgan fingerprint density at radius 1 is 1.19 bits per heavy atom. The zero-order valence-electron chi connectivity index (χ0n) is 8.41. The predicted octanol–water partition coefficient (Wildman–Crippen LogP) is 2.12. The summed E-state index contributed by atoms with van der Waals surface area (Å²) in [5.41, 5.74) is 2.16. The first-order valence-corrected chi connectivity index (χ1v) is 6.66. The summed E-state index contributed by atoms with van der Waals surface area (Å²) in [5, 5.41) is 16.3. The number of rotatable bonds is 2. The maximum Gasteiger partial charge on any atom is 0.173 e. The van der Waals surface area contributed by atoms with E-state index in [1.54, 1.807) is 27.7 Å². The quantitative estimate of drug-likeness (QED) is 0.830. The van der Waals surface area contributed by atoms with Crippen molar-refractivity contribution in [1.29, 1.82) is 0 Å². The maximum atomic E-state index is 5.94. The molecule has 0 spiro atoms. The van der Waals surface area contributed by atoms with Crippen molar-refractivity contribution in [2.24, 2.45) is 10.9 Å². The van der Waals surface area contributed by atoms with E-state index in [2.05, 4.69) is 15.9 Å². The summed E-state index contributed by atoms with van der Waals surface area (Å²) in [6, 6.07) is 4.07. The van der Waals surface area contributed by atoms with Crippen LogP contribution in [-0.2, 0) is 0 Å². The molecule has 0 aromatic carbocycles. The standard InChI is InChI=1S/C10H10N4S2/c11-13-7-14(9-2-4-16-6-9)12-10(13)8-1-3-15-5-8/h1-6H,7,11H2. The molecule has 0 saturated carbocycles. The summed E-state index contributed by atoms with van der Waals surface area (Å²) in [6.45, 7) is 0.599. The minimum absolute atomic E-state index is 0.599. The molecule has 0 unspecified atom stereocenters. The Morgan fingerprint density at radius 2 is 2.00 bits per heavy atom. The first-order valence-electron chi connectivity index (χ1n) is 4.78. The number of hydrazine groups is 1. The fraction of sp³-hybridized carbons (Fsp3) is 0.100. The lowest BCUT2D eigenvalue weighted by atomic mass is 10.3. The molecule has 2 aromatic rings. The third-order valence-corrected chi connectivity index (χ3v) is 3.71. The summed E-state index contributed by atoms with van der Waals surface area (Å²) in [4.78, 5) is 0. The van der Waals surface area contributed by atoms with E-state index in [-0.39, 0.29) is 0 Å². The van der Waals surface area contributed by atoms with Gasteiger partial charge in [-0.25, -0.2) is 10.9 Å². The van der Waals surface area contributed by atoms with Gasteiger partial charge in [0.15, 0.2) is 5.84 Å². The Kier molecular flexibility index (Phi) is 2.39. The van der Waals surface area contributed by atoms with Gasteiger partial charge in [0.2, 0.25) is 0 Å². The molecular formula is C10H10N4S2. The number of hydrazone groups is 1. The maximum absolute atomic E-state index is 5.94. The van der Waals surface area contributed by atoms with Crippen LogP contribution in [0, 0.1) is 0 Å². The molecule has 0 bridgehead atoms. The van der Waals surface area contributed by atoms with Crippen LogP contribution in [0.15, 0.2) is 38.8 Å². The summed E-state index contributed by atoms with van der Waals surface area (Å²) in [7, 11) is 0. The average molecular weight is 250 g/mol. The average Bonchev–Trinajstić information content (AvgIpc) is 2.97. The van der Waals surface area contributed by atoms with Crippen molar-refractivity contribution in [3.05, 3.63) is 39.2 Å². The van der Waals surface area contributed by atoms with Crippen LogP contribution < -0.4 is 10.9 Å². The van der Waals surface area contributed by atoms with E-state index in [9.17, 15) is 0 Å². The number of hydrogen-bond acceptors (Lipinski definition) is 6.